The molecule has 3 aromatic carbocycles. The average Bonchev–Trinajstić information content (AvgIpc) is 3.16. The highest BCUT2D eigenvalue weighted by molar-refractivity contribution is 6.06. The molecule has 0 saturated heterocycles. The molecule has 0 radical (unpaired) electrons. The molecule has 30 heavy (non-hydrogen) atoms. The third-order valence-electron chi connectivity index (χ3n) is 5.46. The van der Waals surface area contributed by atoms with Crippen LogP contribution in [0.5, 0.6) is 0 Å². The van der Waals surface area contributed by atoms with Crippen LogP contribution in [0.25, 0.3) is 33.2 Å². The van der Waals surface area contributed by atoms with Gasteiger partial charge >= 0.3 is 0 Å². The third kappa shape index (κ3) is 3.50. The highest BCUT2D eigenvalue weighted by Crippen LogP contribution is 2.33. The van der Waals surface area contributed by atoms with Gasteiger partial charge < -0.3 is 4.42 Å². The monoisotopic (exact) mass is 393 g/mol. The van der Waals surface area contributed by atoms with Crippen LogP contribution < -0.4 is 0 Å². The lowest BCUT2D eigenvalue weighted by atomic mass is 9.87. The zero-order valence-corrected chi connectivity index (χ0v) is 17.4. The van der Waals surface area contributed by atoms with Crippen molar-refractivity contribution in [1.82, 2.24) is 4.98 Å². The number of aromatic nitrogens is 1. The fraction of sp³-hybridized carbons (Fsp3) is 0.179. The molecule has 2 heterocycles. The van der Waals surface area contributed by atoms with Crippen LogP contribution in [0.3, 0.4) is 0 Å². The van der Waals surface area contributed by atoms with Crippen molar-refractivity contribution in [3.8, 4) is 11.3 Å². The van der Waals surface area contributed by atoms with E-state index in [9.17, 15) is 0 Å². The Bertz CT molecular complexity index is 1430. The second kappa shape index (κ2) is 7.14. The van der Waals surface area contributed by atoms with Gasteiger partial charge in [0.05, 0.1) is 5.69 Å². The van der Waals surface area contributed by atoms with E-state index in [-0.39, 0.29) is 5.41 Å². The number of rotatable bonds is 3. The molecule has 0 saturated carbocycles. The number of benzene rings is 3. The second-order valence-corrected chi connectivity index (χ2v) is 8.69. The fourth-order valence-electron chi connectivity index (χ4n) is 3.76. The first kappa shape index (κ1) is 16.4. The SMILES string of the molecule is [2H]C([2H])(c1ccccc1)c1ccc2c(c1)oc1ccc(-c3cc(C(C)(C)C)ccn3)cc12. The summed E-state index contributed by atoms with van der Waals surface area (Å²) in [4.78, 5) is 4.59. The minimum absolute atomic E-state index is 0.0539. The smallest absolute Gasteiger partial charge is 0.135 e. The average molecular weight is 394 g/mol. The summed E-state index contributed by atoms with van der Waals surface area (Å²) in [7, 11) is 0. The van der Waals surface area contributed by atoms with E-state index in [1.165, 1.54) is 5.56 Å². The van der Waals surface area contributed by atoms with Crippen LogP contribution in [0.15, 0.2) is 89.5 Å². The van der Waals surface area contributed by atoms with E-state index in [0.717, 1.165) is 27.6 Å². The van der Waals surface area contributed by atoms with Gasteiger partial charge in [0.15, 0.2) is 0 Å². The highest BCUT2D eigenvalue weighted by atomic mass is 16.3. The summed E-state index contributed by atoms with van der Waals surface area (Å²) < 4.78 is 23.4. The molecule has 0 unspecified atom stereocenters. The molecular weight excluding hydrogens is 366 g/mol. The van der Waals surface area contributed by atoms with Gasteiger partial charge in [-0.25, -0.2) is 0 Å². The van der Waals surface area contributed by atoms with E-state index < -0.39 is 6.37 Å². The molecule has 0 aliphatic rings. The molecule has 5 aromatic rings. The minimum Gasteiger partial charge on any atom is -0.456 e. The van der Waals surface area contributed by atoms with Gasteiger partial charge in [-0.15, -0.1) is 0 Å². The van der Waals surface area contributed by atoms with Crippen molar-refractivity contribution < 1.29 is 7.16 Å². The fourth-order valence-corrected chi connectivity index (χ4v) is 3.76. The third-order valence-corrected chi connectivity index (χ3v) is 5.46. The van der Waals surface area contributed by atoms with Gasteiger partial charge in [0.2, 0.25) is 0 Å². The number of nitrogens with zero attached hydrogens (tertiary/aromatic N) is 1. The van der Waals surface area contributed by atoms with Gasteiger partial charge in [0, 0.05) is 25.3 Å². The summed E-state index contributed by atoms with van der Waals surface area (Å²) in [6.45, 7) is 6.60. The van der Waals surface area contributed by atoms with Crippen molar-refractivity contribution in [2.75, 3.05) is 0 Å². The van der Waals surface area contributed by atoms with Crippen molar-refractivity contribution in [3.63, 3.8) is 0 Å². The quantitative estimate of drug-likeness (QED) is 0.316. The number of hydrogen-bond donors (Lipinski definition) is 0. The van der Waals surface area contributed by atoms with E-state index in [0.29, 0.717) is 16.7 Å². The van der Waals surface area contributed by atoms with Crippen LogP contribution in [0.4, 0.5) is 0 Å². The van der Waals surface area contributed by atoms with Crippen molar-refractivity contribution in [2.24, 2.45) is 0 Å². The molecule has 0 amide bonds. The predicted molar refractivity (Wildman–Crippen MR) is 125 cm³/mol. The number of furan rings is 1. The van der Waals surface area contributed by atoms with Crippen molar-refractivity contribution >= 4 is 21.9 Å². The van der Waals surface area contributed by atoms with E-state index in [1.54, 1.807) is 0 Å². The molecule has 0 spiro atoms. The van der Waals surface area contributed by atoms with Crippen LogP contribution in [0, 0.1) is 0 Å². The Labute approximate surface area is 180 Å². The predicted octanol–water partition coefficient (Wildman–Crippen LogP) is 7.54. The topological polar surface area (TPSA) is 26.0 Å². The summed E-state index contributed by atoms with van der Waals surface area (Å²) in [5.41, 5.74) is 5.95. The second-order valence-electron chi connectivity index (χ2n) is 8.69. The van der Waals surface area contributed by atoms with Gasteiger partial charge in [0.1, 0.15) is 11.2 Å². The first-order chi connectivity index (χ1) is 15.2. The lowest BCUT2D eigenvalue weighted by molar-refractivity contribution is 0.589. The van der Waals surface area contributed by atoms with E-state index in [4.69, 9.17) is 7.16 Å². The van der Waals surface area contributed by atoms with Gasteiger partial charge in [-0.1, -0.05) is 63.2 Å². The molecule has 2 aromatic heterocycles. The van der Waals surface area contributed by atoms with Crippen LogP contribution in [-0.2, 0) is 11.8 Å². The zero-order chi connectivity index (χ0) is 22.5. The molecular formula is C28H25NO. The first-order valence-electron chi connectivity index (χ1n) is 11.2. The summed E-state index contributed by atoms with van der Waals surface area (Å²) >= 11 is 0. The summed E-state index contributed by atoms with van der Waals surface area (Å²) in [6.07, 6.45) is 0.266. The standard InChI is InChI=1S/C28H25NO/c1-28(2,3)22-13-14-29-25(18-22)21-10-12-26-24(17-21)23-11-9-20(16-27(23)30-26)15-19-7-5-4-6-8-19/h4-14,16-18H,15H2,1-3H3/i15D2. The van der Waals surface area contributed by atoms with Crippen LogP contribution in [0.1, 0.15) is 40.2 Å². The molecule has 2 nitrogen and oxygen atoms in total. The van der Waals surface area contributed by atoms with E-state index in [2.05, 4.69) is 44.0 Å². The summed E-state index contributed by atoms with van der Waals surface area (Å²) in [5, 5.41) is 1.98. The molecule has 2 heteroatoms. The van der Waals surface area contributed by atoms with Gasteiger partial charge in [-0.05, 0) is 64.9 Å². The maximum atomic E-state index is 8.65. The Morgan fingerprint density at radius 2 is 1.63 bits per heavy atom. The normalized spacial score (nSPS) is 13.4. The molecule has 0 atom stereocenters. The maximum Gasteiger partial charge on any atom is 0.135 e. The van der Waals surface area contributed by atoms with E-state index >= 15 is 0 Å². The van der Waals surface area contributed by atoms with Gasteiger partial charge in [-0.3, -0.25) is 4.98 Å². The Kier molecular flexibility index (Phi) is 3.91. The Morgan fingerprint density at radius 3 is 2.43 bits per heavy atom. The van der Waals surface area contributed by atoms with Crippen molar-refractivity contribution in [1.29, 1.82) is 0 Å². The first-order valence-corrected chi connectivity index (χ1v) is 10.2. The molecule has 0 N–H and O–H groups in total. The molecule has 5 rings (SSSR count). The Hall–Kier alpha value is -3.39. The Balaban J connectivity index is 1.60. The maximum absolute atomic E-state index is 8.65. The Morgan fingerprint density at radius 1 is 0.800 bits per heavy atom. The van der Waals surface area contributed by atoms with Crippen LogP contribution in [0.2, 0.25) is 0 Å². The summed E-state index contributed by atoms with van der Waals surface area (Å²) in [6, 6.07) is 25.2. The van der Waals surface area contributed by atoms with Gasteiger partial charge in [0.25, 0.3) is 0 Å². The van der Waals surface area contributed by atoms with Crippen LogP contribution >= 0.6 is 0 Å². The van der Waals surface area contributed by atoms with Crippen molar-refractivity contribution in [2.45, 2.75) is 32.6 Å². The lowest BCUT2D eigenvalue weighted by Crippen LogP contribution is -2.11. The number of hydrogen-bond acceptors (Lipinski definition) is 2. The molecule has 0 fully saturated rings. The summed E-state index contributed by atoms with van der Waals surface area (Å²) in [5.74, 6) is 0. The van der Waals surface area contributed by atoms with Gasteiger partial charge in [-0.2, -0.15) is 0 Å². The van der Waals surface area contributed by atoms with E-state index in [1.807, 2.05) is 66.9 Å². The highest BCUT2D eigenvalue weighted by Gasteiger charge is 2.15. The van der Waals surface area contributed by atoms with Crippen molar-refractivity contribution in [3.05, 3.63) is 102 Å². The molecule has 0 bridgehead atoms. The minimum atomic E-state index is -1.60. The number of fused-ring (bicyclic) bond motifs is 3. The lowest BCUT2D eigenvalue weighted by Gasteiger charge is -2.19. The van der Waals surface area contributed by atoms with Crippen LogP contribution in [-0.4, -0.2) is 4.98 Å². The molecule has 148 valence electrons. The largest absolute Gasteiger partial charge is 0.456 e. The zero-order valence-electron chi connectivity index (χ0n) is 19.4. The molecule has 0 aliphatic carbocycles. The molecule has 0 aliphatic heterocycles. The number of pyridine rings is 1.